The van der Waals surface area contributed by atoms with Crippen LogP contribution in [0, 0.1) is 0 Å². The number of nitrogens with one attached hydrogen (secondary N) is 1. The van der Waals surface area contributed by atoms with Gasteiger partial charge in [0.05, 0.1) is 5.54 Å². The number of β-lactam (4-membered cyclic amide) rings is 1. The molecule has 4 N–H and O–H groups in total. The van der Waals surface area contributed by atoms with Gasteiger partial charge in [-0.1, -0.05) is 5.16 Å². The Balaban J connectivity index is 2.16. The second-order valence-electron chi connectivity index (χ2n) is 8.07. The van der Waals surface area contributed by atoms with Gasteiger partial charge in [-0.25, -0.2) is 9.78 Å². The van der Waals surface area contributed by atoms with Gasteiger partial charge in [0.2, 0.25) is 6.61 Å². The largest absolute Gasteiger partial charge is 0.457 e. The molecule has 32 heavy (non-hydrogen) atoms. The van der Waals surface area contributed by atoms with Crippen LogP contribution in [0.4, 0.5) is 5.13 Å². The highest BCUT2D eigenvalue weighted by Gasteiger charge is 2.58. The quantitative estimate of drug-likeness (QED) is 0.140. The Kier molecular flexibility index (Phi) is 7.13. The van der Waals surface area contributed by atoms with E-state index >= 15 is 0 Å². The molecule has 2 amide bonds. The van der Waals surface area contributed by atoms with E-state index in [4.69, 9.17) is 19.9 Å². The summed E-state index contributed by atoms with van der Waals surface area (Å²) in [6.45, 7) is 7.17. The highest BCUT2D eigenvalue weighted by Crippen LogP contribution is 2.32. The van der Waals surface area contributed by atoms with Crippen molar-refractivity contribution in [3.63, 3.8) is 0 Å². The molecule has 2 rings (SSSR count). The monoisotopic (exact) mass is 493 g/mol. The van der Waals surface area contributed by atoms with Crippen LogP contribution in [0.5, 0.6) is 0 Å². The predicted octanol–water partition coefficient (Wildman–Crippen LogP) is -0.372. The van der Waals surface area contributed by atoms with Crippen molar-refractivity contribution < 1.29 is 41.2 Å². The molecule has 0 spiro atoms. The Morgan fingerprint density at radius 3 is 2.50 bits per heavy atom. The number of hydrogen-bond donors (Lipinski definition) is 3. The minimum Gasteiger partial charge on any atom is -0.457 e. The fourth-order valence-electron chi connectivity index (χ4n) is 2.54. The van der Waals surface area contributed by atoms with Crippen LogP contribution in [-0.2, 0) is 38.6 Å². The summed E-state index contributed by atoms with van der Waals surface area (Å²) in [7, 11) is -4.95. The molecule has 1 saturated heterocycles. The van der Waals surface area contributed by atoms with Gasteiger partial charge in [0.15, 0.2) is 10.8 Å². The number of rotatable bonds is 8. The van der Waals surface area contributed by atoms with Crippen molar-refractivity contribution in [1.29, 1.82) is 0 Å². The first-order chi connectivity index (χ1) is 14.5. The average molecular weight is 494 g/mol. The number of hydrogen-bond acceptors (Lipinski definition) is 12. The lowest BCUT2D eigenvalue weighted by Crippen LogP contribution is -2.76. The third kappa shape index (κ3) is 6.35. The molecular formula is C16H23N5O9S2. The lowest BCUT2D eigenvalue weighted by molar-refractivity contribution is -0.218. The summed E-state index contributed by atoms with van der Waals surface area (Å²) in [5.74, 6) is -2.59. The van der Waals surface area contributed by atoms with Crippen molar-refractivity contribution in [2.24, 2.45) is 5.16 Å². The average Bonchev–Trinajstić information content (AvgIpc) is 3.04. The van der Waals surface area contributed by atoms with Gasteiger partial charge >= 0.3 is 16.4 Å². The number of hydroxylamine groups is 2. The summed E-state index contributed by atoms with van der Waals surface area (Å²) < 4.78 is 39.9. The number of amides is 2. The van der Waals surface area contributed by atoms with E-state index in [1.165, 1.54) is 19.2 Å². The Morgan fingerprint density at radius 1 is 1.41 bits per heavy atom. The summed E-state index contributed by atoms with van der Waals surface area (Å²) in [5, 5.41) is 7.95. The van der Waals surface area contributed by atoms with Gasteiger partial charge in [0.1, 0.15) is 17.3 Å². The molecule has 14 nitrogen and oxygen atoms in total. The minimum absolute atomic E-state index is 0.0183. The highest BCUT2D eigenvalue weighted by atomic mass is 32.3. The van der Waals surface area contributed by atoms with Gasteiger partial charge in [-0.2, -0.15) is 13.5 Å². The van der Waals surface area contributed by atoms with Crippen molar-refractivity contribution in [2.75, 3.05) is 12.3 Å². The first kappa shape index (κ1) is 25.4. The molecule has 1 aromatic heterocycles. The van der Waals surface area contributed by atoms with Crippen molar-refractivity contribution in [2.45, 2.75) is 51.8 Å². The van der Waals surface area contributed by atoms with Crippen molar-refractivity contribution in [1.82, 2.24) is 15.4 Å². The standard InChI is InChI=1S/C16H23N5O9S2/c1-15(2,3)29-9(22)6-28-20-10(8-7-31-14(17)18-8)12(23)19-11-13(24)21(16(11,4)5)30-32(25,26)27/h7,11H,6H2,1-5H3,(H2,17,18)(H,19,23)(H,25,26,27)/b20-10-/t11-/m1/s1. The SMILES string of the molecule is CC(C)(C)OC(=O)CO/N=C(\C(=O)N[C@@H]1C(=O)N(OS(=O)(=O)O)C1(C)C)c1csc(N)n1. The predicted molar refractivity (Wildman–Crippen MR) is 110 cm³/mol. The van der Waals surface area contributed by atoms with E-state index in [9.17, 15) is 22.8 Å². The number of carbonyl (C=O) groups excluding carboxylic acids is 3. The summed E-state index contributed by atoms with van der Waals surface area (Å²) in [6.07, 6.45) is 0. The molecule has 0 aliphatic carbocycles. The lowest BCUT2D eigenvalue weighted by atomic mass is 9.84. The summed E-state index contributed by atoms with van der Waals surface area (Å²) >= 11 is 1.01. The maximum absolute atomic E-state index is 12.8. The Morgan fingerprint density at radius 2 is 2.03 bits per heavy atom. The number of nitrogens with zero attached hydrogens (tertiary/aromatic N) is 3. The van der Waals surface area contributed by atoms with E-state index in [-0.39, 0.29) is 16.5 Å². The molecule has 178 valence electrons. The fourth-order valence-corrected chi connectivity index (χ4v) is 3.54. The second kappa shape index (κ2) is 8.97. The molecule has 0 unspecified atom stereocenters. The number of anilines is 1. The van der Waals surface area contributed by atoms with Gasteiger partial charge in [0.25, 0.3) is 11.8 Å². The second-order valence-corrected chi connectivity index (χ2v) is 9.96. The number of thiazole rings is 1. The molecular weight excluding hydrogens is 470 g/mol. The first-order valence-corrected chi connectivity index (χ1v) is 11.2. The smallest absolute Gasteiger partial charge is 0.418 e. The number of carbonyl (C=O) groups is 3. The van der Waals surface area contributed by atoms with Gasteiger partial charge in [0, 0.05) is 5.38 Å². The number of esters is 1. The fraction of sp³-hybridized carbons (Fsp3) is 0.562. The van der Waals surface area contributed by atoms with Crippen molar-refractivity contribution >= 4 is 50.4 Å². The first-order valence-electron chi connectivity index (χ1n) is 8.96. The van der Waals surface area contributed by atoms with Crippen LogP contribution in [0.3, 0.4) is 0 Å². The van der Waals surface area contributed by atoms with Crippen LogP contribution in [0.2, 0.25) is 0 Å². The third-order valence-corrected chi connectivity index (χ3v) is 4.87. The van der Waals surface area contributed by atoms with Crippen LogP contribution < -0.4 is 11.1 Å². The van der Waals surface area contributed by atoms with Crippen LogP contribution >= 0.6 is 11.3 Å². The molecule has 16 heteroatoms. The van der Waals surface area contributed by atoms with E-state index in [1.807, 2.05) is 0 Å². The zero-order valence-electron chi connectivity index (χ0n) is 17.8. The minimum atomic E-state index is -4.95. The van der Waals surface area contributed by atoms with Gasteiger partial charge in [-0.15, -0.1) is 15.6 Å². The van der Waals surface area contributed by atoms with Crippen molar-refractivity contribution in [3.05, 3.63) is 11.1 Å². The molecule has 2 heterocycles. The molecule has 1 aliphatic rings. The molecule has 0 bridgehead atoms. The number of nitrogen functional groups attached to an aromatic ring is 1. The molecule has 1 atom stereocenters. The lowest BCUT2D eigenvalue weighted by Gasteiger charge is -2.50. The highest BCUT2D eigenvalue weighted by molar-refractivity contribution is 7.80. The van der Waals surface area contributed by atoms with E-state index < -0.39 is 52.0 Å². The van der Waals surface area contributed by atoms with Gasteiger partial charge < -0.3 is 20.6 Å². The molecule has 0 radical (unpaired) electrons. The summed E-state index contributed by atoms with van der Waals surface area (Å²) in [6, 6.07) is -1.23. The molecule has 1 aliphatic heterocycles. The maximum Gasteiger partial charge on any atom is 0.418 e. The van der Waals surface area contributed by atoms with Crippen molar-refractivity contribution in [3.8, 4) is 0 Å². The molecule has 0 saturated carbocycles. The molecule has 1 aromatic rings. The Bertz CT molecular complexity index is 1040. The zero-order chi connectivity index (χ0) is 24.5. The van der Waals surface area contributed by atoms with Crippen LogP contribution in [0.1, 0.15) is 40.3 Å². The van der Waals surface area contributed by atoms with E-state index in [0.29, 0.717) is 5.06 Å². The van der Waals surface area contributed by atoms with Crippen LogP contribution in [-0.4, -0.2) is 70.3 Å². The number of aromatic nitrogens is 1. The normalized spacial score (nSPS) is 18.7. The van der Waals surface area contributed by atoms with E-state index in [0.717, 1.165) is 11.3 Å². The number of ether oxygens (including phenoxy) is 1. The molecule has 0 aromatic carbocycles. The summed E-state index contributed by atoms with van der Waals surface area (Å²) in [4.78, 5) is 45.7. The Labute approximate surface area is 187 Å². The van der Waals surface area contributed by atoms with Crippen LogP contribution in [0.25, 0.3) is 0 Å². The van der Waals surface area contributed by atoms with E-state index in [1.54, 1.807) is 20.8 Å². The number of nitrogens with two attached hydrogens (primary N) is 1. The summed E-state index contributed by atoms with van der Waals surface area (Å²) in [5.41, 5.74) is 3.13. The number of oxime groups is 1. The van der Waals surface area contributed by atoms with Crippen LogP contribution in [0.15, 0.2) is 10.5 Å². The van der Waals surface area contributed by atoms with Gasteiger partial charge in [-0.3, -0.25) is 14.1 Å². The zero-order valence-corrected chi connectivity index (χ0v) is 19.4. The Hall–Kier alpha value is -2.82. The maximum atomic E-state index is 12.8. The molecule has 1 fully saturated rings. The van der Waals surface area contributed by atoms with E-state index in [2.05, 4.69) is 19.7 Å². The third-order valence-electron chi connectivity index (χ3n) is 3.86. The van der Waals surface area contributed by atoms with Gasteiger partial charge in [-0.05, 0) is 34.6 Å². The topological polar surface area (TPSA) is 200 Å².